The lowest BCUT2D eigenvalue weighted by atomic mass is 9.89. The number of piperidine rings is 1. The van der Waals surface area contributed by atoms with Gasteiger partial charge >= 0.3 is 0 Å². The average molecular weight is 314 g/mol. The largest absolute Gasteiger partial charge is 0.339 e. The molecule has 3 rings (SSSR count). The Morgan fingerprint density at radius 2 is 1.67 bits per heavy atom. The molecule has 0 amide bonds. The van der Waals surface area contributed by atoms with E-state index < -0.39 is 0 Å². The number of nitrogens with zero attached hydrogens (tertiary/aromatic N) is 3. The number of halogens is 1. The minimum absolute atomic E-state index is 0. The van der Waals surface area contributed by atoms with Crippen molar-refractivity contribution in [1.29, 1.82) is 0 Å². The molecule has 0 atom stereocenters. The molecule has 1 aliphatic carbocycles. The second-order valence-electron chi connectivity index (χ2n) is 6.73. The van der Waals surface area contributed by atoms with Crippen molar-refractivity contribution in [2.45, 2.75) is 76.7 Å². The van der Waals surface area contributed by atoms with Crippen LogP contribution in [0.1, 0.15) is 82.3 Å². The van der Waals surface area contributed by atoms with Crippen LogP contribution in [-0.2, 0) is 0 Å². The fourth-order valence-electron chi connectivity index (χ4n) is 3.60. The van der Waals surface area contributed by atoms with Gasteiger partial charge in [0.2, 0.25) is 5.89 Å². The summed E-state index contributed by atoms with van der Waals surface area (Å²) < 4.78 is 5.56. The molecular weight excluding hydrogens is 286 g/mol. The zero-order valence-electron chi connectivity index (χ0n) is 13.3. The third-order valence-corrected chi connectivity index (χ3v) is 5.04. The van der Waals surface area contributed by atoms with Gasteiger partial charge in [0.1, 0.15) is 0 Å². The lowest BCUT2D eigenvalue weighted by molar-refractivity contribution is 0.168. The minimum Gasteiger partial charge on any atom is -0.339 e. The van der Waals surface area contributed by atoms with Gasteiger partial charge in [0.15, 0.2) is 5.82 Å². The van der Waals surface area contributed by atoms with Gasteiger partial charge in [0, 0.05) is 17.9 Å². The monoisotopic (exact) mass is 313 g/mol. The van der Waals surface area contributed by atoms with Crippen molar-refractivity contribution < 1.29 is 4.52 Å². The van der Waals surface area contributed by atoms with Crippen LogP contribution in [0.15, 0.2) is 4.52 Å². The summed E-state index contributed by atoms with van der Waals surface area (Å²) in [7, 11) is 0. The highest BCUT2D eigenvalue weighted by Crippen LogP contribution is 2.33. The van der Waals surface area contributed by atoms with Crippen LogP contribution in [0.2, 0.25) is 0 Å². The molecule has 1 aromatic heterocycles. The molecule has 0 aromatic carbocycles. The summed E-state index contributed by atoms with van der Waals surface area (Å²) in [5.41, 5.74) is 0. The van der Waals surface area contributed by atoms with Gasteiger partial charge in [-0.1, -0.05) is 24.4 Å². The maximum atomic E-state index is 5.56. The van der Waals surface area contributed by atoms with Crippen molar-refractivity contribution in [1.82, 2.24) is 15.0 Å². The third kappa shape index (κ3) is 3.98. The standard InChI is InChI=1S/C16H27N3O.ClH/c1-12(2)19-10-8-13(9-11-19)15-17-16(20-18-15)14-6-4-3-5-7-14;/h12-14H,3-11H2,1-2H3;1H. The SMILES string of the molecule is CC(C)N1CCC(c2noc(C3CCCCC3)n2)CC1.Cl. The molecular formula is C16H28ClN3O. The zero-order chi connectivity index (χ0) is 13.9. The molecule has 4 nitrogen and oxygen atoms in total. The topological polar surface area (TPSA) is 42.2 Å². The van der Waals surface area contributed by atoms with Crippen molar-refractivity contribution in [2.24, 2.45) is 0 Å². The molecule has 0 spiro atoms. The molecule has 5 heteroatoms. The van der Waals surface area contributed by atoms with Gasteiger partial charge in [-0.3, -0.25) is 0 Å². The van der Waals surface area contributed by atoms with Gasteiger partial charge in [-0.15, -0.1) is 12.4 Å². The molecule has 21 heavy (non-hydrogen) atoms. The molecule has 0 N–H and O–H groups in total. The molecule has 1 aliphatic heterocycles. The quantitative estimate of drug-likeness (QED) is 0.841. The van der Waals surface area contributed by atoms with Crippen LogP contribution < -0.4 is 0 Å². The van der Waals surface area contributed by atoms with Crippen LogP contribution in [0.5, 0.6) is 0 Å². The Labute approximate surface area is 134 Å². The smallest absolute Gasteiger partial charge is 0.229 e. The zero-order valence-corrected chi connectivity index (χ0v) is 14.1. The predicted molar refractivity (Wildman–Crippen MR) is 86.1 cm³/mol. The molecule has 0 bridgehead atoms. The van der Waals surface area contributed by atoms with Gasteiger partial charge in [0.05, 0.1) is 0 Å². The molecule has 0 unspecified atom stereocenters. The van der Waals surface area contributed by atoms with Crippen molar-refractivity contribution >= 4 is 12.4 Å². The highest BCUT2D eigenvalue weighted by atomic mass is 35.5. The summed E-state index contributed by atoms with van der Waals surface area (Å²) in [6.07, 6.45) is 8.79. The Hall–Kier alpha value is -0.610. The number of hydrogen-bond donors (Lipinski definition) is 0. The highest BCUT2D eigenvalue weighted by Gasteiger charge is 2.27. The Bertz CT molecular complexity index is 421. The van der Waals surface area contributed by atoms with Gasteiger partial charge in [0.25, 0.3) is 0 Å². The normalized spacial score (nSPS) is 22.4. The first-order valence-corrected chi connectivity index (χ1v) is 8.31. The van der Waals surface area contributed by atoms with E-state index in [1.807, 2.05) is 0 Å². The Balaban J connectivity index is 0.00000161. The maximum absolute atomic E-state index is 5.56. The summed E-state index contributed by atoms with van der Waals surface area (Å²) in [6, 6.07) is 0.652. The molecule has 120 valence electrons. The molecule has 1 aromatic rings. The molecule has 2 heterocycles. The van der Waals surface area contributed by atoms with Gasteiger partial charge in [-0.25, -0.2) is 0 Å². The molecule has 0 radical (unpaired) electrons. The van der Waals surface area contributed by atoms with Crippen LogP contribution in [0.3, 0.4) is 0 Å². The third-order valence-electron chi connectivity index (χ3n) is 5.04. The minimum atomic E-state index is 0. The van der Waals surface area contributed by atoms with Crippen molar-refractivity contribution in [3.63, 3.8) is 0 Å². The van der Waals surface area contributed by atoms with Crippen LogP contribution in [0, 0.1) is 0 Å². The fraction of sp³-hybridized carbons (Fsp3) is 0.875. The van der Waals surface area contributed by atoms with Crippen LogP contribution in [0.25, 0.3) is 0 Å². The van der Waals surface area contributed by atoms with E-state index >= 15 is 0 Å². The molecule has 2 fully saturated rings. The number of hydrogen-bond acceptors (Lipinski definition) is 4. The number of likely N-dealkylation sites (tertiary alicyclic amines) is 1. The second kappa shape index (κ2) is 7.59. The first-order chi connectivity index (χ1) is 9.74. The summed E-state index contributed by atoms with van der Waals surface area (Å²) in [4.78, 5) is 7.27. The Morgan fingerprint density at radius 3 is 2.29 bits per heavy atom. The van der Waals surface area contributed by atoms with Crippen molar-refractivity contribution in [2.75, 3.05) is 13.1 Å². The summed E-state index contributed by atoms with van der Waals surface area (Å²) >= 11 is 0. The summed E-state index contributed by atoms with van der Waals surface area (Å²) in [6.45, 7) is 6.87. The van der Waals surface area contributed by atoms with Crippen LogP contribution in [-0.4, -0.2) is 34.2 Å². The first-order valence-electron chi connectivity index (χ1n) is 8.31. The second-order valence-corrected chi connectivity index (χ2v) is 6.73. The van der Waals surface area contributed by atoms with Gasteiger partial charge in [-0.05, 0) is 52.6 Å². The van der Waals surface area contributed by atoms with E-state index in [4.69, 9.17) is 9.51 Å². The van der Waals surface area contributed by atoms with Gasteiger partial charge in [-0.2, -0.15) is 4.98 Å². The highest BCUT2D eigenvalue weighted by molar-refractivity contribution is 5.85. The first kappa shape index (κ1) is 16.8. The predicted octanol–water partition coefficient (Wildman–Crippen LogP) is 4.13. The van der Waals surface area contributed by atoms with Crippen molar-refractivity contribution in [3.05, 3.63) is 11.7 Å². The van der Waals surface area contributed by atoms with E-state index in [1.54, 1.807) is 0 Å². The average Bonchev–Trinajstić information content (AvgIpc) is 2.98. The van der Waals surface area contributed by atoms with E-state index in [0.717, 1.165) is 24.8 Å². The summed E-state index contributed by atoms with van der Waals surface area (Å²) in [5, 5.41) is 4.28. The lowest BCUT2D eigenvalue weighted by Crippen LogP contribution is -2.38. The Kier molecular flexibility index (Phi) is 6.06. The number of rotatable bonds is 3. The molecule has 2 aliphatic rings. The summed E-state index contributed by atoms with van der Waals surface area (Å²) in [5.74, 6) is 2.91. The van der Waals surface area contributed by atoms with Crippen LogP contribution >= 0.6 is 12.4 Å². The Morgan fingerprint density at radius 1 is 1.00 bits per heavy atom. The maximum Gasteiger partial charge on any atom is 0.229 e. The van der Waals surface area contributed by atoms with E-state index in [2.05, 4.69) is 23.9 Å². The van der Waals surface area contributed by atoms with E-state index in [-0.39, 0.29) is 12.4 Å². The van der Waals surface area contributed by atoms with Crippen LogP contribution in [0.4, 0.5) is 0 Å². The van der Waals surface area contributed by atoms with Gasteiger partial charge < -0.3 is 9.42 Å². The van der Waals surface area contributed by atoms with E-state index in [0.29, 0.717) is 17.9 Å². The fourth-order valence-corrected chi connectivity index (χ4v) is 3.60. The van der Waals surface area contributed by atoms with E-state index in [1.165, 1.54) is 44.9 Å². The number of aromatic nitrogens is 2. The molecule has 1 saturated heterocycles. The molecule has 1 saturated carbocycles. The van der Waals surface area contributed by atoms with Crippen molar-refractivity contribution in [3.8, 4) is 0 Å². The lowest BCUT2D eigenvalue weighted by Gasteiger charge is -2.33. The van der Waals surface area contributed by atoms with E-state index in [9.17, 15) is 0 Å².